The molecule has 0 aromatic carbocycles. The third kappa shape index (κ3) is 3.00. The molecule has 1 fully saturated rings. The van der Waals surface area contributed by atoms with Gasteiger partial charge < -0.3 is 15.1 Å². The number of β-amino-alcohol motifs (C(OH)–C–C–N with tert-alkyl or cyclic N) is 1. The van der Waals surface area contributed by atoms with E-state index >= 15 is 0 Å². The number of aliphatic hydroxyl groups excluding tert-OH is 1. The summed E-state index contributed by atoms with van der Waals surface area (Å²) >= 11 is 1.87. The predicted molar refractivity (Wildman–Crippen MR) is 84.5 cm³/mol. The molecule has 0 unspecified atom stereocenters. The summed E-state index contributed by atoms with van der Waals surface area (Å²) in [6.07, 6.45) is 3.01. The van der Waals surface area contributed by atoms with E-state index in [1.807, 2.05) is 18.0 Å². The number of rotatable bonds is 5. The summed E-state index contributed by atoms with van der Waals surface area (Å²) in [5.41, 5.74) is 2.10. The Morgan fingerprint density at radius 3 is 3.14 bits per heavy atom. The van der Waals surface area contributed by atoms with E-state index in [9.17, 15) is 9.90 Å². The average molecular weight is 308 g/mol. The van der Waals surface area contributed by atoms with Gasteiger partial charge in [-0.3, -0.25) is 9.69 Å². The lowest BCUT2D eigenvalue weighted by molar-refractivity contribution is 0.149. The molecule has 2 aromatic rings. The molecule has 0 bridgehead atoms. The number of likely N-dealkylation sites (tertiary alicyclic amines) is 1. The van der Waals surface area contributed by atoms with Gasteiger partial charge in [0.25, 0.3) is 5.56 Å². The van der Waals surface area contributed by atoms with Crippen LogP contribution in [0, 0.1) is 5.92 Å². The second-order valence-corrected chi connectivity index (χ2v) is 6.77. The van der Waals surface area contributed by atoms with Gasteiger partial charge in [0.1, 0.15) is 5.52 Å². The largest absolute Gasteiger partial charge is 0.391 e. The van der Waals surface area contributed by atoms with E-state index in [2.05, 4.69) is 26.8 Å². The van der Waals surface area contributed by atoms with Gasteiger partial charge in [-0.25, -0.2) is 4.98 Å². The maximum absolute atomic E-state index is 11.7. The molecule has 3 heterocycles. The number of nitrogens with one attached hydrogen (secondary N) is 2. The van der Waals surface area contributed by atoms with E-state index in [0.717, 1.165) is 29.1 Å². The normalized spacial score (nSPS) is 23.1. The van der Waals surface area contributed by atoms with E-state index in [1.54, 1.807) is 0 Å². The van der Waals surface area contributed by atoms with Gasteiger partial charge in [-0.1, -0.05) is 6.92 Å². The SMILES string of the molecule is CCSC[C@@H]1CN(Cc2c[nH]c3c(=O)[nH]cnc23)C[C@H]1O. The summed E-state index contributed by atoms with van der Waals surface area (Å²) in [5.74, 6) is 2.41. The molecule has 0 saturated carbocycles. The maximum Gasteiger partial charge on any atom is 0.275 e. The molecule has 1 aliphatic heterocycles. The van der Waals surface area contributed by atoms with Crippen molar-refractivity contribution in [1.82, 2.24) is 19.9 Å². The minimum Gasteiger partial charge on any atom is -0.391 e. The van der Waals surface area contributed by atoms with Gasteiger partial charge in [0.05, 0.1) is 17.9 Å². The summed E-state index contributed by atoms with van der Waals surface area (Å²) in [5, 5.41) is 10.1. The van der Waals surface area contributed by atoms with Crippen molar-refractivity contribution in [3.63, 3.8) is 0 Å². The van der Waals surface area contributed by atoms with Gasteiger partial charge in [0, 0.05) is 37.3 Å². The molecular weight excluding hydrogens is 288 g/mol. The number of hydrogen-bond donors (Lipinski definition) is 3. The van der Waals surface area contributed by atoms with Crippen molar-refractivity contribution in [2.24, 2.45) is 5.92 Å². The molecule has 0 spiro atoms. The van der Waals surface area contributed by atoms with Crippen LogP contribution in [-0.4, -0.2) is 55.7 Å². The highest BCUT2D eigenvalue weighted by Crippen LogP contribution is 2.24. The fourth-order valence-electron chi connectivity index (χ4n) is 2.87. The minimum absolute atomic E-state index is 0.148. The molecular formula is C14H20N4O2S. The van der Waals surface area contributed by atoms with E-state index in [1.165, 1.54) is 6.33 Å². The summed E-state index contributed by atoms with van der Waals surface area (Å²) < 4.78 is 0. The summed E-state index contributed by atoms with van der Waals surface area (Å²) in [6.45, 7) is 4.43. The minimum atomic E-state index is -0.259. The lowest BCUT2D eigenvalue weighted by Crippen LogP contribution is -2.21. The zero-order valence-electron chi connectivity index (χ0n) is 12.0. The topological polar surface area (TPSA) is 85.0 Å². The second kappa shape index (κ2) is 6.21. The third-order valence-electron chi connectivity index (χ3n) is 3.96. The number of hydrogen-bond acceptors (Lipinski definition) is 5. The number of aliphatic hydroxyl groups is 1. The first-order chi connectivity index (χ1) is 10.2. The highest BCUT2D eigenvalue weighted by Gasteiger charge is 2.31. The zero-order valence-corrected chi connectivity index (χ0v) is 12.8. The predicted octanol–water partition coefficient (Wildman–Crippen LogP) is 0.797. The number of aromatic nitrogens is 3. The van der Waals surface area contributed by atoms with Crippen molar-refractivity contribution in [3.8, 4) is 0 Å². The number of thioether (sulfide) groups is 1. The monoisotopic (exact) mass is 308 g/mol. The molecule has 0 amide bonds. The smallest absolute Gasteiger partial charge is 0.275 e. The van der Waals surface area contributed by atoms with Crippen LogP contribution in [0.15, 0.2) is 17.3 Å². The van der Waals surface area contributed by atoms with Crippen LogP contribution in [0.25, 0.3) is 11.0 Å². The first-order valence-electron chi connectivity index (χ1n) is 7.20. The maximum atomic E-state index is 11.7. The Morgan fingerprint density at radius 1 is 1.48 bits per heavy atom. The van der Waals surface area contributed by atoms with Crippen molar-refractivity contribution in [2.75, 3.05) is 24.6 Å². The lowest BCUT2D eigenvalue weighted by atomic mass is 10.1. The van der Waals surface area contributed by atoms with Crippen LogP contribution < -0.4 is 5.56 Å². The fraction of sp³-hybridized carbons (Fsp3) is 0.571. The van der Waals surface area contributed by atoms with Crippen molar-refractivity contribution in [1.29, 1.82) is 0 Å². The Kier molecular flexibility index (Phi) is 4.32. The Hall–Kier alpha value is -1.31. The lowest BCUT2D eigenvalue weighted by Gasteiger charge is -2.14. The van der Waals surface area contributed by atoms with Crippen LogP contribution in [0.1, 0.15) is 12.5 Å². The molecule has 7 heteroatoms. The van der Waals surface area contributed by atoms with Crippen molar-refractivity contribution >= 4 is 22.8 Å². The van der Waals surface area contributed by atoms with Gasteiger partial charge >= 0.3 is 0 Å². The number of fused-ring (bicyclic) bond motifs is 1. The summed E-state index contributed by atoms with van der Waals surface area (Å²) in [7, 11) is 0. The average Bonchev–Trinajstić information content (AvgIpc) is 3.02. The molecule has 3 N–H and O–H groups in total. The Labute approximate surface area is 127 Å². The van der Waals surface area contributed by atoms with E-state index in [0.29, 0.717) is 24.5 Å². The van der Waals surface area contributed by atoms with E-state index in [4.69, 9.17) is 0 Å². The van der Waals surface area contributed by atoms with E-state index in [-0.39, 0.29) is 11.7 Å². The van der Waals surface area contributed by atoms with Crippen LogP contribution in [0.4, 0.5) is 0 Å². The Balaban J connectivity index is 1.72. The Morgan fingerprint density at radius 2 is 2.33 bits per heavy atom. The molecule has 1 aliphatic rings. The van der Waals surface area contributed by atoms with E-state index < -0.39 is 0 Å². The first kappa shape index (κ1) is 14.6. The first-order valence-corrected chi connectivity index (χ1v) is 8.36. The van der Waals surface area contributed by atoms with Crippen LogP contribution in [-0.2, 0) is 6.54 Å². The number of H-pyrrole nitrogens is 2. The van der Waals surface area contributed by atoms with Gasteiger partial charge in [-0.2, -0.15) is 11.8 Å². The van der Waals surface area contributed by atoms with Crippen LogP contribution >= 0.6 is 11.8 Å². The molecule has 3 rings (SSSR count). The number of aromatic amines is 2. The highest BCUT2D eigenvalue weighted by atomic mass is 32.2. The summed E-state index contributed by atoms with van der Waals surface area (Å²) in [4.78, 5) is 23.7. The van der Waals surface area contributed by atoms with Crippen molar-refractivity contribution < 1.29 is 5.11 Å². The number of nitrogens with zero attached hydrogens (tertiary/aromatic N) is 2. The Bertz CT molecular complexity index is 668. The molecule has 0 aliphatic carbocycles. The van der Waals surface area contributed by atoms with Gasteiger partial charge in [-0.15, -0.1) is 0 Å². The van der Waals surface area contributed by atoms with Crippen LogP contribution in [0.5, 0.6) is 0 Å². The van der Waals surface area contributed by atoms with Gasteiger partial charge in [0.15, 0.2) is 0 Å². The van der Waals surface area contributed by atoms with Crippen LogP contribution in [0.3, 0.4) is 0 Å². The molecule has 0 radical (unpaired) electrons. The molecule has 2 aromatic heterocycles. The fourth-order valence-corrected chi connectivity index (χ4v) is 3.74. The third-order valence-corrected chi connectivity index (χ3v) is 5.03. The molecule has 114 valence electrons. The molecule has 6 nitrogen and oxygen atoms in total. The van der Waals surface area contributed by atoms with Crippen LogP contribution in [0.2, 0.25) is 0 Å². The van der Waals surface area contributed by atoms with Gasteiger partial charge in [0.2, 0.25) is 0 Å². The summed E-state index contributed by atoms with van der Waals surface area (Å²) in [6, 6.07) is 0. The quantitative estimate of drug-likeness (QED) is 0.761. The standard InChI is InChI=1S/C14H20N4O2S/c1-2-21-7-10-5-18(6-11(10)19)4-9-3-15-13-12(9)16-8-17-14(13)20/h3,8,10-11,15,19H,2,4-7H2,1H3,(H,16,17,20)/t10-,11+/m0/s1. The second-order valence-electron chi connectivity index (χ2n) is 5.45. The zero-order chi connectivity index (χ0) is 14.8. The highest BCUT2D eigenvalue weighted by molar-refractivity contribution is 7.99. The molecule has 1 saturated heterocycles. The van der Waals surface area contributed by atoms with Gasteiger partial charge in [-0.05, 0) is 11.5 Å². The van der Waals surface area contributed by atoms with Crippen molar-refractivity contribution in [2.45, 2.75) is 19.6 Å². The molecule has 2 atom stereocenters. The molecule has 21 heavy (non-hydrogen) atoms. The van der Waals surface area contributed by atoms with Crippen molar-refractivity contribution in [3.05, 3.63) is 28.4 Å².